The van der Waals surface area contributed by atoms with Crippen LogP contribution in [-0.4, -0.2) is 25.6 Å². The number of halogens is 6. The van der Waals surface area contributed by atoms with Gasteiger partial charge < -0.3 is 4.74 Å². The third-order valence-electron chi connectivity index (χ3n) is 1.85. The molecule has 0 bridgehead atoms. The largest absolute Gasteiger partial charge is 0.393 e. The summed E-state index contributed by atoms with van der Waals surface area (Å²) < 4.78 is 75.8. The normalized spacial score (nSPS) is 17.6. The Labute approximate surface area is 83.4 Å². The van der Waals surface area contributed by atoms with Gasteiger partial charge in [-0.3, -0.25) is 0 Å². The minimum absolute atomic E-state index is 0.746. The van der Waals surface area contributed by atoms with Crippen molar-refractivity contribution in [3.05, 3.63) is 0 Å². The summed E-state index contributed by atoms with van der Waals surface area (Å²) in [5.41, 5.74) is 0. The maximum absolute atomic E-state index is 11.9. The van der Waals surface area contributed by atoms with Crippen molar-refractivity contribution in [1.29, 1.82) is 0 Å². The van der Waals surface area contributed by atoms with Crippen LogP contribution < -0.4 is 0 Å². The maximum atomic E-state index is 11.9. The Bertz CT molecular complexity index is 165. The van der Waals surface area contributed by atoms with Crippen LogP contribution in [0.25, 0.3) is 0 Å². The lowest BCUT2D eigenvalue weighted by Gasteiger charge is -2.19. The van der Waals surface area contributed by atoms with Crippen LogP contribution in [0.3, 0.4) is 0 Å². The van der Waals surface area contributed by atoms with Crippen LogP contribution in [0, 0.1) is 11.8 Å². The molecule has 0 aliphatic carbocycles. The Balaban J connectivity index is 3.81. The van der Waals surface area contributed by atoms with Crippen molar-refractivity contribution >= 4 is 0 Å². The molecule has 0 heterocycles. The highest BCUT2D eigenvalue weighted by Crippen LogP contribution is 2.28. The van der Waals surface area contributed by atoms with Crippen LogP contribution in [0.2, 0.25) is 0 Å². The van der Waals surface area contributed by atoms with E-state index in [0.29, 0.717) is 0 Å². The second kappa shape index (κ2) is 5.05. The molecule has 0 aliphatic rings. The molecule has 2 atom stereocenters. The summed E-state index contributed by atoms with van der Waals surface area (Å²) in [6.07, 6.45) is -8.86. The van der Waals surface area contributed by atoms with Gasteiger partial charge in [0, 0.05) is 0 Å². The fourth-order valence-corrected chi connectivity index (χ4v) is 0.611. The summed E-state index contributed by atoms with van der Waals surface area (Å²) in [6.45, 7) is 0.227. The summed E-state index contributed by atoms with van der Waals surface area (Å²) in [7, 11) is 0. The zero-order chi connectivity index (χ0) is 12.3. The molecule has 0 saturated heterocycles. The highest BCUT2D eigenvalue weighted by atomic mass is 19.4. The smallest absolute Gasteiger partial charge is 0.380 e. The number of ether oxygens (including phenoxy) is 1. The molecule has 0 aromatic rings. The molecule has 92 valence electrons. The first-order valence-electron chi connectivity index (χ1n) is 4.26. The lowest BCUT2D eigenvalue weighted by Crippen LogP contribution is -2.28. The predicted octanol–water partition coefficient (Wildman–Crippen LogP) is 3.40. The molecule has 15 heavy (non-hydrogen) atoms. The van der Waals surface area contributed by atoms with Crippen molar-refractivity contribution in [3.63, 3.8) is 0 Å². The van der Waals surface area contributed by atoms with E-state index in [9.17, 15) is 26.3 Å². The van der Waals surface area contributed by atoms with E-state index in [2.05, 4.69) is 4.74 Å². The Hall–Kier alpha value is -0.460. The molecular formula is C8H12F6O. The summed E-state index contributed by atoms with van der Waals surface area (Å²) >= 11 is 0. The van der Waals surface area contributed by atoms with Crippen molar-refractivity contribution in [2.75, 3.05) is 13.2 Å². The average molecular weight is 238 g/mol. The SMILES string of the molecule is CC(COCC(C)C(F)(F)F)C(F)(F)F. The number of hydrogen-bond acceptors (Lipinski definition) is 1. The van der Waals surface area contributed by atoms with Crippen LogP contribution in [0.4, 0.5) is 26.3 Å². The van der Waals surface area contributed by atoms with Crippen molar-refractivity contribution in [2.45, 2.75) is 26.2 Å². The van der Waals surface area contributed by atoms with Gasteiger partial charge in [0.2, 0.25) is 0 Å². The zero-order valence-electron chi connectivity index (χ0n) is 8.24. The minimum Gasteiger partial charge on any atom is -0.380 e. The van der Waals surface area contributed by atoms with Crippen molar-refractivity contribution in [1.82, 2.24) is 0 Å². The quantitative estimate of drug-likeness (QED) is 0.682. The first-order chi connectivity index (χ1) is 6.55. The van der Waals surface area contributed by atoms with Crippen LogP contribution in [-0.2, 0) is 4.74 Å². The molecule has 0 aliphatic heterocycles. The van der Waals surface area contributed by atoms with Gasteiger partial charge in [-0.1, -0.05) is 13.8 Å². The second-order valence-electron chi connectivity index (χ2n) is 3.42. The van der Waals surface area contributed by atoms with Crippen LogP contribution in [0.1, 0.15) is 13.8 Å². The molecule has 7 heteroatoms. The molecule has 0 saturated carbocycles. The highest BCUT2D eigenvalue weighted by Gasteiger charge is 2.38. The van der Waals surface area contributed by atoms with Gasteiger partial charge in [-0.25, -0.2) is 0 Å². The Morgan fingerprint density at radius 1 is 0.800 bits per heavy atom. The number of alkyl halides is 6. The second-order valence-corrected chi connectivity index (χ2v) is 3.42. The molecule has 0 rings (SSSR count). The fraction of sp³-hybridized carbons (Fsp3) is 1.00. The molecule has 0 spiro atoms. The lowest BCUT2D eigenvalue weighted by atomic mass is 10.2. The average Bonchev–Trinajstić information content (AvgIpc) is 2.00. The molecular weight excluding hydrogens is 226 g/mol. The van der Waals surface area contributed by atoms with Crippen LogP contribution >= 0.6 is 0 Å². The maximum Gasteiger partial charge on any atom is 0.393 e. The molecule has 0 amide bonds. The fourth-order valence-electron chi connectivity index (χ4n) is 0.611. The molecule has 0 N–H and O–H groups in total. The standard InChI is InChI=1S/C8H12F6O/c1-5(7(9,10)11)3-15-4-6(2)8(12,13)14/h5-6H,3-4H2,1-2H3. The van der Waals surface area contributed by atoms with Crippen molar-refractivity contribution in [3.8, 4) is 0 Å². The van der Waals surface area contributed by atoms with Crippen LogP contribution in [0.5, 0.6) is 0 Å². The molecule has 2 unspecified atom stereocenters. The predicted molar refractivity (Wildman–Crippen MR) is 41.3 cm³/mol. The summed E-state index contributed by atoms with van der Waals surface area (Å²) in [5, 5.41) is 0. The molecule has 0 aromatic heterocycles. The van der Waals surface area contributed by atoms with E-state index < -0.39 is 37.4 Å². The van der Waals surface area contributed by atoms with Gasteiger partial charge in [-0.05, 0) is 0 Å². The summed E-state index contributed by atoms with van der Waals surface area (Å²) in [4.78, 5) is 0. The molecule has 1 nitrogen and oxygen atoms in total. The van der Waals surface area contributed by atoms with Gasteiger partial charge in [-0.15, -0.1) is 0 Å². The van der Waals surface area contributed by atoms with E-state index in [0.717, 1.165) is 13.8 Å². The lowest BCUT2D eigenvalue weighted by molar-refractivity contribution is -0.200. The topological polar surface area (TPSA) is 9.23 Å². The van der Waals surface area contributed by atoms with E-state index in [1.165, 1.54) is 0 Å². The molecule has 0 fully saturated rings. The van der Waals surface area contributed by atoms with E-state index in [4.69, 9.17) is 0 Å². The van der Waals surface area contributed by atoms with E-state index in [1.54, 1.807) is 0 Å². The summed E-state index contributed by atoms with van der Waals surface area (Å²) in [6, 6.07) is 0. The Morgan fingerprint density at radius 2 is 1.07 bits per heavy atom. The van der Waals surface area contributed by atoms with Gasteiger partial charge in [0.1, 0.15) is 0 Å². The highest BCUT2D eigenvalue weighted by molar-refractivity contribution is 4.64. The monoisotopic (exact) mass is 238 g/mol. The first-order valence-corrected chi connectivity index (χ1v) is 4.26. The zero-order valence-corrected chi connectivity index (χ0v) is 8.24. The molecule has 0 radical (unpaired) electrons. The van der Waals surface area contributed by atoms with Gasteiger partial charge in [0.15, 0.2) is 0 Å². The van der Waals surface area contributed by atoms with E-state index in [1.807, 2.05) is 0 Å². The van der Waals surface area contributed by atoms with Gasteiger partial charge in [0.25, 0.3) is 0 Å². The third kappa shape index (κ3) is 5.86. The first kappa shape index (κ1) is 14.5. The van der Waals surface area contributed by atoms with Crippen LogP contribution in [0.15, 0.2) is 0 Å². The minimum atomic E-state index is -4.43. The Kier molecular flexibility index (Phi) is 4.89. The number of hydrogen-bond donors (Lipinski definition) is 0. The van der Waals surface area contributed by atoms with Gasteiger partial charge in [0.05, 0.1) is 25.0 Å². The van der Waals surface area contributed by atoms with Crippen molar-refractivity contribution in [2.24, 2.45) is 11.8 Å². The Morgan fingerprint density at radius 3 is 1.27 bits per heavy atom. The van der Waals surface area contributed by atoms with E-state index >= 15 is 0 Å². The third-order valence-corrected chi connectivity index (χ3v) is 1.85. The number of rotatable bonds is 4. The van der Waals surface area contributed by atoms with Gasteiger partial charge >= 0.3 is 12.4 Å². The van der Waals surface area contributed by atoms with Crippen molar-refractivity contribution < 1.29 is 31.1 Å². The van der Waals surface area contributed by atoms with E-state index in [-0.39, 0.29) is 0 Å². The van der Waals surface area contributed by atoms with Gasteiger partial charge in [-0.2, -0.15) is 26.3 Å². The summed E-state index contributed by atoms with van der Waals surface area (Å²) in [5.74, 6) is -3.50. The molecule has 0 aromatic carbocycles.